The molecule has 1 aromatic heterocycles. The van der Waals surface area contributed by atoms with Crippen LogP contribution >= 0.6 is 0 Å². The Morgan fingerprint density at radius 2 is 2.05 bits per heavy atom. The first kappa shape index (κ1) is 16.3. The van der Waals surface area contributed by atoms with E-state index in [1.807, 2.05) is 13.8 Å². The van der Waals surface area contributed by atoms with E-state index >= 15 is 0 Å². The maximum Gasteiger partial charge on any atom is 0.417 e. The van der Waals surface area contributed by atoms with Crippen molar-refractivity contribution in [3.05, 3.63) is 23.9 Å². The lowest BCUT2D eigenvalue weighted by Crippen LogP contribution is -2.28. The molecule has 2 N–H and O–H groups in total. The Bertz CT molecular complexity index is 429. The van der Waals surface area contributed by atoms with Crippen molar-refractivity contribution in [3.8, 4) is 0 Å². The van der Waals surface area contributed by atoms with Crippen LogP contribution in [0.25, 0.3) is 0 Å². The molecule has 1 aromatic rings. The van der Waals surface area contributed by atoms with Gasteiger partial charge in [0, 0.05) is 25.7 Å². The minimum atomic E-state index is -4.39. The number of halogens is 3. The van der Waals surface area contributed by atoms with Gasteiger partial charge in [-0.1, -0.05) is 13.8 Å². The number of aromatic nitrogens is 1. The zero-order valence-corrected chi connectivity index (χ0v) is 11.4. The summed E-state index contributed by atoms with van der Waals surface area (Å²) in [4.78, 5) is 15.1. The molecule has 0 aliphatic carbocycles. The van der Waals surface area contributed by atoms with Crippen LogP contribution in [0.4, 0.5) is 19.0 Å². The molecule has 0 saturated carbocycles. The summed E-state index contributed by atoms with van der Waals surface area (Å²) in [5.41, 5.74) is -0.794. The van der Waals surface area contributed by atoms with Crippen molar-refractivity contribution in [2.75, 3.05) is 18.4 Å². The molecule has 0 aliphatic rings. The third kappa shape index (κ3) is 5.90. The van der Waals surface area contributed by atoms with Gasteiger partial charge in [0.25, 0.3) is 0 Å². The predicted molar refractivity (Wildman–Crippen MR) is 70.2 cm³/mol. The van der Waals surface area contributed by atoms with E-state index in [-0.39, 0.29) is 12.3 Å². The van der Waals surface area contributed by atoms with Crippen LogP contribution in [0.3, 0.4) is 0 Å². The van der Waals surface area contributed by atoms with Gasteiger partial charge in [-0.15, -0.1) is 0 Å². The van der Waals surface area contributed by atoms with Crippen molar-refractivity contribution in [2.24, 2.45) is 5.92 Å². The van der Waals surface area contributed by atoms with Gasteiger partial charge in [-0.05, 0) is 18.1 Å². The number of hydrogen-bond acceptors (Lipinski definition) is 3. The second-order valence-electron chi connectivity index (χ2n) is 4.80. The number of nitrogens with one attached hydrogen (secondary N) is 2. The fourth-order valence-electron chi connectivity index (χ4n) is 1.38. The van der Waals surface area contributed by atoms with Crippen molar-refractivity contribution in [2.45, 2.75) is 26.4 Å². The Hall–Kier alpha value is -1.79. The average molecular weight is 289 g/mol. The Balaban J connectivity index is 2.34. The van der Waals surface area contributed by atoms with E-state index in [0.29, 0.717) is 24.8 Å². The second kappa shape index (κ2) is 7.12. The quantitative estimate of drug-likeness (QED) is 0.846. The van der Waals surface area contributed by atoms with Crippen molar-refractivity contribution in [1.29, 1.82) is 0 Å². The average Bonchev–Trinajstić information content (AvgIpc) is 2.36. The third-order valence-corrected chi connectivity index (χ3v) is 2.46. The van der Waals surface area contributed by atoms with Crippen LogP contribution in [0.15, 0.2) is 18.3 Å². The molecule has 7 heteroatoms. The van der Waals surface area contributed by atoms with Gasteiger partial charge in [0.1, 0.15) is 5.82 Å². The minimum Gasteiger partial charge on any atom is -0.370 e. The lowest BCUT2D eigenvalue weighted by molar-refractivity contribution is -0.137. The zero-order valence-electron chi connectivity index (χ0n) is 11.4. The third-order valence-electron chi connectivity index (χ3n) is 2.46. The number of amides is 1. The molecule has 1 amide bonds. The Kier molecular flexibility index (Phi) is 5.79. The first-order chi connectivity index (χ1) is 9.29. The number of rotatable bonds is 6. The van der Waals surface area contributed by atoms with E-state index in [1.165, 1.54) is 6.07 Å². The molecule has 0 radical (unpaired) electrons. The molecule has 4 nitrogen and oxygen atoms in total. The first-order valence-corrected chi connectivity index (χ1v) is 6.33. The second-order valence-corrected chi connectivity index (χ2v) is 4.80. The molecule has 112 valence electrons. The van der Waals surface area contributed by atoms with E-state index in [2.05, 4.69) is 15.6 Å². The number of hydrogen-bond donors (Lipinski definition) is 2. The number of nitrogens with zero attached hydrogens (tertiary/aromatic N) is 1. The highest BCUT2D eigenvalue weighted by molar-refractivity contribution is 5.76. The number of carbonyl (C=O) groups excluding carboxylic acids is 1. The molecule has 1 rings (SSSR count). The topological polar surface area (TPSA) is 54.0 Å². The van der Waals surface area contributed by atoms with Gasteiger partial charge in [0.05, 0.1) is 5.56 Å². The van der Waals surface area contributed by atoms with Gasteiger partial charge < -0.3 is 10.6 Å². The first-order valence-electron chi connectivity index (χ1n) is 6.33. The highest BCUT2D eigenvalue weighted by Gasteiger charge is 2.30. The van der Waals surface area contributed by atoms with Crippen LogP contribution in [0.5, 0.6) is 0 Å². The monoisotopic (exact) mass is 289 g/mol. The van der Waals surface area contributed by atoms with Crippen molar-refractivity contribution in [1.82, 2.24) is 10.3 Å². The summed E-state index contributed by atoms with van der Waals surface area (Å²) in [7, 11) is 0. The molecule has 0 atom stereocenters. The lowest BCUT2D eigenvalue weighted by atomic mass is 10.2. The summed E-state index contributed by atoms with van der Waals surface area (Å²) < 4.78 is 36.9. The Labute approximate surface area is 115 Å². The number of alkyl halides is 3. The van der Waals surface area contributed by atoms with Crippen molar-refractivity contribution < 1.29 is 18.0 Å². The summed E-state index contributed by atoms with van der Waals surface area (Å²) in [6.45, 7) is 4.91. The van der Waals surface area contributed by atoms with Crippen LogP contribution in [0.1, 0.15) is 25.8 Å². The van der Waals surface area contributed by atoms with E-state index < -0.39 is 11.7 Å². The predicted octanol–water partition coefficient (Wildman–Crippen LogP) is 2.67. The normalized spacial score (nSPS) is 11.5. The lowest BCUT2D eigenvalue weighted by Gasteiger charge is -2.09. The molecule has 0 fully saturated rings. The van der Waals surface area contributed by atoms with Crippen molar-refractivity contribution >= 4 is 11.7 Å². The van der Waals surface area contributed by atoms with E-state index in [1.54, 1.807) is 0 Å². The van der Waals surface area contributed by atoms with E-state index in [0.717, 1.165) is 12.3 Å². The van der Waals surface area contributed by atoms with E-state index in [9.17, 15) is 18.0 Å². The number of pyridine rings is 1. The molecule has 0 aromatic carbocycles. The van der Waals surface area contributed by atoms with Crippen LogP contribution in [-0.2, 0) is 11.0 Å². The highest BCUT2D eigenvalue weighted by atomic mass is 19.4. The van der Waals surface area contributed by atoms with E-state index in [4.69, 9.17) is 0 Å². The molecular weight excluding hydrogens is 271 g/mol. The summed E-state index contributed by atoms with van der Waals surface area (Å²) in [6.07, 6.45) is -3.38. The fraction of sp³-hybridized carbons (Fsp3) is 0.538. The van der Waals surface area contributed by atoms with Crippen LogP contribution in [-0.4, -0.2) is 24.0 Å². The van der Waals surface area contributed by atoms with Crippen LogP contribution < -0.4 is 10.6 Å². The zero-order chi connectivity index (χ0) is 15.2. The SMILES string of the molecule is CC(C)CNC(=O)CCNc1ccc(C(F)(F)F)cn1. The van der Waals surface area contributed by atoms with Crippen LogP contribution in [0, 0.1) is 5.92 Å². The molecule has 20 heavy (non-hydrogen) atoms. The van der Waals surface area contributed by atoms with Gasteiger partial charge in [0.15, 0.2) is 0 Å². The largest absolute Gasteiger partial charge is 0.417 e. The smallest absolute Gasteiger partial charge is 0.370 e. The molecular formula is C13H18F3N3O. The summed E-state index contributed by atoms with van der Waals surface area (Å²) in [5.74, 6) is 0.594. The molecule has 0 aliphatic heterocycles. The summed E-state index contributed by atoms with van der Waals surface area (Å²) >= 11 is 0. The fourth-order valence-corrected chi connectivity index (χ4v) is 1.38. The minimum absolute atomic E-state index is 0.0990. The van der Waals surface area contributed by atoms with Gasteiger partial charge in [-0.2, -0.15) is 13.2 Å². The summed E-state index contributed by atoms with van der Waals surface area (Å²) in [6, 6.07) is 2.20. The standard InChI is InChI=1S/C13H18F3N3O/c1-9(2)7-19-12(20)5-6-17-11-4-3-10(8-18-11)13(14,15)16/h3-4,8-9H,5-7H2,1-2H3,(H,17,18)(H,19,20). The Morgan fingerprint density at radius 1 is 1.35 bits per heavy atom. The van der Waals surface area contributed by atoms with Gasteiger partial charge in [-0.25, -0.2) is 4.98 Å². The molecule has 0 unspecified atom stereocenters. The molecule has 0 saturated heterocycles. The number of anilines is 1. The summed E-state index contributed by atoms with van der Waals surface area (Å²) in [5, 5.41) is 5.55. The van der Waals surface area contributed by atoms with Gasteiger partial charge in [0.2, 0.25) is 5.91 Å². The van der Waals surface area contributed by atoms with Gasteiger partial charge >= 0.3 is 6.18 Å². The number of carbonyl (C=O) groups is 1. The highest BCUT2D eigenvalue weighted by Crippen LogP contribution is 2.28. The van der Waals surface area contributed by atoms with Crippen molar-refractivity contribution in [3.63, 3.8) is 0 Å². The molecule has 0 bridgehead atoms. The van der Waals surface area contributed by atoms with Gasteiger partial charge in [-0.3, -0.25) is 4.79 Å². The Morgan fingerprint density at radius 3 is 2.55 bits per heavy atom. The maximum atomic E-state index is 12.3. The maximum absolute atomic E-state index is 12.3. The molecule has 1 heterocycles. The molecule has 0 spiro atoms. The van der Waals surface area contributed by atoms with Crippen LogP contribution in [0.2, 0.25) is 0 Å².